The van der Waals surface area contributed by atoms with Crippen LogP contribution in [0, 0.1) is 0 Å². The lowest BCUT2D eigenvalue weighted by molar-refractivity contribution is 1.08. The smallest absolute Gasteiger partial charge is 0.00277 e. The third-order valence-electron chi connectivity index (χ3n) is 0.988. The normalized spacial score (nSPS) is 12.6. The fourth-order valence-corrected chi connectivity index (χ4v) is 0.580. The second kappa shape index (κ2) is 5.42. The summed E-state index contributed by atoms with van der Waals surface area (Å²) in [6.45, 7) is 4.20. The highest BCUT2D eigenvalue weighted by molar-refractivity contribution is 5.14. The van der Waals surface area contributed by atoms with Crippen LogP contribution in [0.5, 0.6) is 0 Å². The third kappa shape index (κ3) is 5.15. The van der Waals surface area contributed by atoms with Crippen molar-refractivity contribution in [2.75, 3.05) is 7.05 Å². The molecule has 0 saturated heterocycles. The molecule has 0 spiro atoms. The van der Waals surface area contributed by atoms with Crippen LogP contribution in [0.25, 0.3) is 0 Å². The first-order chi connectivity index (χ1) is 4.31. The molecule has 0 amide bonds. The Morgan fingerprint density at radius 3 is 2.67 bits per heavy atom. The first-order valence-corrected chi connectivity index (χ1v) is 3.31. The van der Waals surface area contributed by atoms with Gasteiger partial charge in [-0.1, -0.05) is 19.1 Å². The largest absolute Gasteiger partial charge is 0.394 e. The Balaban J connectivity index is 3.60. The maximum atomic E-state index is 2.96. The first-order valence-electron chi connectivity index (χ1n) is 3.31. The molecule has 0 saturated carbocycles. The van der Waals surface area contributed by atoms with E-state index in [4.69, 9.17) is 0 Å². The van der Waals surface area contributed by atoms with Gasteiger partial charge in [0.05, 0.1) is 0 Å². The van der Waals surface area contributed by atoms with Gasteiger partial charge in [-0.3, -0.25) is 0 Å². The van der Waals surface area contributed by atoms with Gasteiger partial charge in [-0.15, -0.1) is 0 Å². The molecule has 0 aromatic carbocycles. The van der Waals surface area contributed by atoms with Crippen molar-refractivity contribution in [3.05, 3.63) is 23.9 Å². The van der Waals surface area contributed by atoms with Crippen molar-refractivity contribution in [2.45, 2.75) is 20.3 Å². The maximum absolute atomic E-state index is 2.96. The van der Waals surface area contributed by atoms with Crippen LogP contribution in [0.1, 0.15) is 20.3 Å². The molecule has 0 atom stereocenters. The minimum atomic E-state index is 1.11. The number of hydrogen-bond acceptors (Lipinski definition) is 1. The molecule has 0 unspecified atom stereocenters. The molecule has 0 bridgehead atoms. The standard InChI is InChI=1S/C8H15N/c1-4-5-6-8(2)7-9-3/h5-7,9H,4H2,1-3H3/b6-5-,8-7-. The minimum absolute atomic E-state index is 1.11. The van der Waals surface area contributed by atoms with E-state index in [1.54, 1.807) is 0 Å². The van der Waals surface area contributed by atoms with Gasteiger partial charge in [-0.25, -0.2) is 0 Å². The molecule has 0 fully saturated rings. The van der Waals surface area contributed by atoms with Gasteiger partial charge in [0.1, 0.15) is 0 Å². The van der Waals surface area contributed by atoms with Crippen molar-refractivity contribution in [3.63, 3.8) is 0 Å². The zero-order valence-electron chi connectivity index (χ0n) is 6.44. The minimum Gasteiger partial charge on any atom is -0.394 e. The number of allylic oxidation sites excluding steroid dienone is 3. The van der Waals surface area contributed by atoms with E-state index >= 15 is 0 Å². The summed E-state index contributed by atoms with van der Waals surface area (Å²) >= 11 is 0. The molecule has 0 aromatic heterocycles. The van der Waals surface area contributed by atoms with E-state index in [2.05, 4.69) is 31.3 Å². The number of rotatable bonds is 3. The van der Waals surface area contributed by atoms with Crippen LogP contribution < -0.4 is 5.32 Å². The Hall–Kier alpha value is -0.720. The second-order valence-electron chi connectivity index (χ2n) is 1.99. The average Bonchev–Trinajstić information content (AvgIpc) is 1.85. The zero-order chi connectivity index (χ0) is 7.11. The van der Waals surface area contributed by atoms with Crippen molar-refractivity contribution in [3.8, 4) is 0 Å². The fourth-order valence-electron chi connectivity index (χ4n) is 0.580. The summed E-state index contributed by atoms with van der Waals surface area (Å²) in [6, 6.07) is 0. The van der Waals surface area contributed by atoms with Crippen molar-refractivity contribution in [2.24, 2.45) is 0 Å². The van der Waals surface area contributed by atoms with E-state index in [9.17, 15) is 0 Å². The Morgan fingerprint density at radius 2 is 2.22 bits per heavy atom. The Bertz CT molecular complexity index is 112. The van der Waals surface area contributed by atoms with Crippen LogP contribution in [0.4, 0.5) is 0 Å². The molecule has 0 heterocycles. The molecule has 1 heteroatoms. The van der Waals surface area contributed by atoms with E-state index in [-0.39, 0.29) is 0 Å². The highest BCUT2D eigenvalue weighted by Gasteiger charge is 1.75. The maximum Gasteiger partial charge on any atom is 0.00277 e. The summed E-state index contributed by atoms with van der Waals surface area (Å²) < 4.78 is 0. The molecule has 0 aliphatic heterocycles. The third-order valence-corrected chi connectivity index (χ3v) is 0.988. The van der Waals surface area contributed by atoms with Gasteiger partial charge in [-0.05, 0) is 25.1 Å². The van der Waals surface area contributed by atoms with Gasteiger partial charge < -0.3 is 5.32 Å². The highest BCUT2D eigenvalue weighted by atomic mass is 14.8. The van der Waals surface area contributed by atoms with Crippen molar-refractivity contribution < 1.29 is 0 Å². The summed E-state index contributed by atoms with van der Waals surface area (Å²) in [4.78, 5) is 0. The SMILES string of the molecule is CC/C=C\C(C)=C/NC. The summed E-state index contributed by atoms with van der Waals surface area (Å²) in [5.74, 6) is 0. The molecule has 0 rings (SSSR count). The second-order valence-corrected chi connectivity index (χ2v) is 1.99. The summed E-state index contributed by atoms with van der Waals surface area (Å²) in [7, 11) is 1.91. The molecule has 0 aliphatic carbocycles. The molecule has 1 nitrogen and oxygen atoms in total. The van der Waals surface area contributed by atoms with Gasteiger partial charge in [0.25, 0.3) is 0 Å². The van der Waals surface area contributed by atoms with Crippen LogP contribution in [-0.2, 0) is 0 Å². The molecule has 1 N–H and O–H groups in total. The number of hydrogen-bond donors (Lipinski definition) is 1. The lowest BCUT2D eigenvalue weighted by Crippen LogP contribution is -1.92. The van der Waals surface area contributed by atoms with Gasteiger partial charge in [-0.2, -0.15) is 0 Å². The molecular weight excluding hydrogens is 110 g/mol. The monoisotopic (exact) mass is 125 g/mol. The summed E-state index contributed by atoms with van der Waals surface area (Å²) in [5.41, 5.74) is 1.26. The van der Waals surface area contributed by atoms with Crippen molar-refractivity contribution in [1.29, 1.82) is 0 Å². The van der Waals surface area contributed by atoms with E-state index in [1.165, 1.54) is 5.57 Å². The lowest BCUT2D eigenvalue weighted by Gasteiger charge is -1.89. The predicted octanol–water partition coefficient (Wildman–Crippen LogP) is 2.08. The molecule has 0 aliphatic rings. The summed E-state index contributed by atoms with van der Waals surface area (Å²) in [5, 5.41) is 2.96. The van der Waals surface area contributed by atoms with Crippen LogP contribution in [-0.4, -0.2) is 7.05 Å². The van der Waals surface area contributed by atoms with Crippen molar-refractivity contribution in [1.82, 2.24) is 5.32 Å². The van der Waals surface area contributed by atoms with Crippen molar-refractivity contribution >= 4 is 0 Å². The predicted molar refractivity (Wildman–Crippen MR) is 42.2 cm³/mol. The Labute approximate surface area is 57.5 Å². The molecule has 0 aromatic rings. The fraction of sp³-hybridized carbons (Fsp3) is 0.500. The van der Waals surface area contributed by atoms with Gasteiger partial charge in [0, 0.05) is 7.05 Å². The Kier molecular flexibility index (Phi) is 4.98. The topological polar surface area (TPSA) is 12.0 Å². The molecular formula is C8H15N. The van der Waals surface area contributed by atoms with E-state index in [0.717, 1.165) is 6.42 Å². The van der Waals surface area contributed by atoms with Gasteiger partial charge in [0.15, 0.2) is 0 Å². The zero-order valence-corrected chi connectivity index (χ0v) is 6.44. The van der Waals surface area contributed by atoms with Gasteiger partial charge in [0.2, 0.25) is 0 Å². The van der Waals surface area contributed by atoms with Gasteiger partial charge >= 0.3 is 0 Å². The van der Waals surface area contributed by atoms with Crippen LogP contribution in [0.2, 0.25) is 0 Å². The van der Waals surface area contributed by atoms with Crippen LogP contribution in [0.15, 0.2) is 23.9 Å². The van der Waals surface area contributed by atoms with E-state index in [1.807, 2.05) is 13.2 Å². The van der Waals surface area contributed by atoms with Crippen LogP contribution >= 0.6 is 0 Å². The lowest BCUT2D eigenvalue weighted by atomic mass is 10.3. The first kappa shape index (κ1) is 8.28. The Morgan fingerprint density at radius 1 is 1.56 bits per heavy atom. The summed E-state index contributed by atoms with van der Waals surface area (Å²) in [6.07, 6.45) is 7.33. The molecule has 52 valence electrons. The highest BCUT2D eigenvalue weighted by Crippen LogP contribution is 1.92. The van der Waals surface area contributed by atoms with Crippen LogP contribution in [0.3, 0.4) is 0 Å². The van der Waals surface area contributed by atoms with E-state index in [0.29, 0.717) is 0 Å². The van der Waals surface area contributed by atoms with E-state index < -0.39 is 0 Å². The quantitative estimate of drug-likeness (QED) is 0.569. The molecule has 0 radical (unpaired) electrons. The average molecular weight is 125 g/mol. The number of nitrogens with one attached hydrogen (secondary N) is 1. The molecule has 9 heavy (non-hydrogen) atoms.